The molecule has 0 spiro atoms. The molecule has 1 aliphatic heterocycles. The summed E-state index contributed by atoms with van der Waals surface area (Å²) in [6, 6.07) is 17.2. The summed E-state index contributed by atoms with van der Waals surface area (Å²) in [7, 11) is 0. The van der Waals surface area contributed by atoms with Crippen molar-refractivity contribution in [2.24, 2.45) is 0 Å². The lowest BCUT2D eigenvalue weighted by Crippen LogP contribution is -2.43. The number of ether oxygens (including phenoxy) is 1. The standard InChI is InChI=1S/C24H26N2O4/c1-17-21(25-23(30-17)19-9-3-2-4-10-19)16-29-20-11-7-8-18(14-20)15-26-13-6-5-12-22(26)24(27)28/h2-4,7-11,14,22H,5-6,12-13,15-16H2,1H3,(H,27,28). The van der Waals surface area contributed by atoms with Crippen molar-refractivity contribution in [2.45, 2.75) is 45.4 Å². The number of aryl methyl sites for hydroxylation is 1. The van der Waals surface area contributed by atoms with E-state index in [1.807, 2.05) is 66.4 Å². The SMILES string of the molecule is Cc1oc(-c2ccccc2)nc1COc1cccc(CN2CCCCC2C(=O)O)c1. The quantitative estimate of drug-likeness (QED) is 0.615. The fraction of sp³-hybridized carbons (Fsp3) is 0.333. The number of rotatable bonds is 7. The van der Waals surface area contributed by atoms with Crippen molar-refractivity contribution in [3.63, 3.8) is 0 Å². The second-order valence-corrected chi connectivity index (χ2v) is 7.64. The van der Waals surface area contributed by atoms with E-state index in [-0.39, 0.29) is 0 Å². The molecule has 6 heteroatoms. The number of carboxylic acid groups (broad SMARTS) is 1. The summed E-state index contributed by atoms with van der Waals surface area (Å²) in [4.78, 5) is 18.2. The number of nitrogens with zero attached hydrogens (tertiary/aromatic N) is 2. The second-order valence-electron chi connectivity index (χ2n) is 7.64. The van der Waals surface area contributed by atoms with E-state index < -0.39 is 12.0 Å². The fourth-order valence-electron chi connectivity index (χ4n) is 3.85. The number of oxazole rings is 1. The monoisotopic (exact) mass is 406 g/mol. The van der Waals surface area contributed by atoms with Gasteiger partial charge in [-0.05, 0) is 56.1 Å². The molecule has 2 aromatic carbocycles. The van der Waals surface area contributed by atoms with Gasteiger partial charge in [-0.1, -0.05) is 36.8 Å². The first-order valence-corrected chi connectivity index (χ1v) is 10.3. The van der Waals surface area contributed by atoms with Crippen molar-refractivity contribution >= 4 is 5.97 Å². The van der Waals surface area contributed by atoms with Crippen LogP contribution in [0.15, 0.2) is 59.0 Å². The van der Waals surface area contributed by atoms with Gasteiger partial charge in [-0.25, -0.2) is 4.98 Å². The molecule has 156 valence electrons. The van der Waals surface area contributed by atoms with E-state index in [9.17, 15) is 9.90 Å². The molecule has 1 unspecified atom stereocenters. The van der Waals surface area contributed by atoms with Gasteiger partial charge in [0.2, 0.25) is 5.89 Å². The number of carboxylic acids is 1. The Morgan fingerprint density at radius 3 is 2.83 bits per heavy atom. The van der Waals surface area contributed by atoms with Crippen LogP contribution >= 0.6 is 0 Å². The van der Waals surface area contributed by atoms with Crippen molar-refractivity contribution in [3.8, 4) is 17.2 Å². The summed E-state index contributed by atoms with van der Waals surface area (Å²) in [5.41, 5.74) is 2.74. The van der Waals surface area contributed by atoms with Crippen LogP contribution < -0.4 is 4.74 Å². The van der Waals surface area contributed by atoms with Gasteiger partial charge in [0.05, 0.1) is 0 Å². The normalized spacial score (nSPS) is 17.0. The molecule has 0 radical (unpaired) electrons. The molecule has 1 saturated heterocycles. The number of likely N-dealkylation sites (tertiary alicyclic amines) is 1. The van der Waals surface area contributed by atoms with Gasteiger partial charge in [0.1, 0.15) is 29.9 Å². The van der Waals surface area contributed by atoms with Gasteiger partial charge in [-0.3, -0.25) is 9.69 Å². The van der Waals surface area contributed by atoms with Gasteiger partial charge in [-0.2, -0.15) is 0 Å². The van der Waals surface area contributed by atoms with E-state index in [0.717, 1.165) is 47.7 Å². The molecule has 1 aliphatic rings. The zero-order valence-corrected chi connectivity index (χ0v) is 17.1. The minimum absolute atomic E-state index is 0.313. The lowest BCUT2D eigenvalue weighted by Gasteiger charge is -2.32. The molecule has 0 bridgehead atoms. The van der Waals surface area contributed by atoms with E-state index in [1.165, 1.54) is 0 Å². The van der Waals surface area contributed by atoms with Gasteiger partial charge in [0, 0.05) is 12.1 Å². The van der Waals surface area contributed by atoms with E-state index in [2.05, 4.69) is 4.98 Å². The van der Waals surface area contributed by atoms with Gasteiger partial charge >= 0.3 is 5.97 Å². The molecule has 1 N–H and O–H groups in total. The highest BCUT2D eigenvalue weighted by Gasteiger charge is 2.28. The van der Waals surface area contributed by atoms with Crippen molar-refractivity contribution in [2.75, 3.05) is 6.54 Å². The van der Waals surface area contributed by atoms with Gasteiger partial charge in [0.25, 0.3) is 0 Å². The molecule has 3 aromatic rings. The van der Waals surface area contributed by atoms with E-state index >= 15 is 0 Å². The topological polar surface area (TPSA) is 75.8 Å². The van der Waals surface area contributed by atoms with Crippen LogP contribution in [0.5, 0.6) is 5.75 Å². The molecule has 1 fully saturated rings. The summed E-state index contributed by atoms with van der Waals surface area (Å²) in [5.74, 6) is 1.32. The molecule has 2 heterocycles. The molecule has 1 atom stereocenters. The smallest absolute Gasteiger partial charge is 0.320 e. The van der Waals surface area contributed by atoms with Crippen LogP contribution in [0.25, 0.3) is 11.5 Å². The van der Waals surface area contributed by atoms with Crippen LogP contribution in [0.3, 0.4) is 0 Å². The molecule has 30 heavy (non-hydrogen) atoms. The average Bonchev–Trinajstić information content (AvgIpc) is 3.14. The Morgan fingerprint density at radius 2 is 2.03 bits per heavy atom. The first-order chi connectivity index (χ1) is 14.6. The predicted molar refractivity (Wildman–Crippen MR) is 113 cm³/mol. The summed E-state index contributed by atoms with van der Waals surface area (Å²) in [6.45, 7) is 3.61. The van der Waals surface area contributed by atoms with Crippen LogP contribution in [0, 0.1) is 6.92 Å². The Morgan fingerprint density at radius 1 is 1.20 bits per heavy atom. The number of aliphatic carboxylic acids is 1. The van der Waals surface area contributed by atoms with Crippen LogP contribution in [0.4, 0.5) is 0 Å². The molecular weight excluding hydrogens is 380 g/mol. The Kier molecular flexibility index (Phi) is 6.14. The van der Waals surface area contributed by atoms with Crippen molar-refractivity contribution < 1.29 is 19.1 Å². The molecular formula is C24H26N2O4. The first-order valence-electron chi connectivity index (χ1n) is 10.3. The number of aromatic nitrogens is 1. The van der Waals surface area contributed by atoms with E-state index in [0.29, 0.717) is 25.5 Å². The zero-order valence-electron chi connectivity index (χ0n) is 17.1. The Hall–Kier alpha value is -3.12. The molecule has 4 rings (SSSR count). The van der Waals surface area contributed by atoms with Crippen molar-refractivity contribution in [3.05, 3.63) is 71.6 Å². The van der Waals surface area contributed by atoms with Crippen molar-refractivity contribution in [1.82, 2.24) is 9.88 Å². The Balaban J connectivity index is 1.41. The third-order valence-corrected chi connectivity index (χ3v) is 5.47. The van der Waals surface area contributed by atoms with Gasteiger partial charge in [0.15, 0.2) is 0 Å². The maximum absolute atomic E-state index is 11.5. The highest BCUT2D eigenvalue weighted by atomic mass is 16.5. The summed E-state index contributed by atoms with van der Waals surface area (Å²) >= 11 is 0. The molecule has 0 aliphatic carbocycles. The Labute approximate surface area is 176 Å². The fourth-order valence-corrected chi connectivity index (χ4v) is 3.85. The highest BCUT2D eigenvalue weighted by molar-refractivity contribution is 5.73. The lowest BCUT2D eigenvalue weighted by molar-refractivity contribution is -0.144. The third kappa shape index (κ3) is 4.71. The zero-order chi connectivity index (χ0) is 20.9. The molecule has 0 saturated carbocycles. The predicted octanol–water partition coefficient (Wildman–Crippen LogP) is 4.67. The van der Waals surface area contributed by atoms with Crippen molar-refractivity contribution in [1.29, 1.82) is 0 Å². The maximum Gasteiger partial charge on any atom is 0.320 e. The second kappa shape index (κ2) is 9.13. The minimum Gasteiger partial charge on any atom is -0.487 e. The molecule has 6 nitrogen and oxygen atoms in total. The Bertz CT molecular complexity index is 999. The number of hydrogen-bond acceptors (Lipinski definition) is 5. The maximum atomic E-state index is 11.5. The van der Waals surface area contributed by atoms with E-state index in [1.54, 1.807) is 0 Å². The van der Waals surface area contributed by atoms with E-state index in [4.69, 9.17) is 9.15 Å². The number of benzene rings is 2. The van der Waals surface area contributed by atoms with Crippen LogP contribution in [0.2, 0.25) is 0 Å². The number of piperidine rings is 1. The van der Waals surface area contributed by atoms with Crippen LogP contribution in [0.1, 0.15) is 36.3 Å². The minimum atomic E-state index is -0.738. The molecule has 0 amide bonds. The lowest BCUT2D eigenvalue weighted by atomic mass is 10.0. The van der Waals surface area contributed by atoms with Gasteiger partial charge < -0.3 is 14.3 Å². The largest absolute Gasteiger partial charge is 0.487 e. The summed E-state index contributed by atoms with van der Waals surface area (Å²) < 4.78 is 11.8. The number of carbonyl (C=O) groups is 1. The highest BCUT2D eigenvalue weighted by Crippen LogP contribution is 2.24. The van der Waals surface area contributed by atoms with Gasteiger partial charge in [-0.15, -0.1) is 0 Å². The molecule has 1 aromatic heterocycles. The summed E-state index contributed by atoms with van der Waals surface area (Å²) in [6.07, 6.45) is 2.72. The van der Waals surface area contributed by atoms with Crippen LogP contribution in [-0.2, 0) is 17.9 Å². The number of hydrogen-bond donors (Lipinski definition) is 1. The third-order valence-electron chi connectivity index (χ3n) is 5.47. The first kappa shape index (κ1) is 20.2. The summed E-state index contributed by atoms with van der Waals surface area (Å²) in [5, 5.41) is 9.48. The van der Waals surface area contributed by atoms with Crippen LogP contribution in [-0.4, -0.2) is 33.5 Å². The average molecular weight is 406 g/mol.